The zero-order valence-corrected chi connectivity index (χ0v) is 18.0. The van der Waals surface area contributed by atoms with E-state index in [0.29, 0.717) is 19.0 Å². The number of hydrogen-bond acceptors (Lipinski definition) is 5. The highest BCUT2D eigenvalue weighted by molar-refractivity contribution is 5.79. The summed E-state index contributed by atoms with van der Waals surface area (Å²) in [5, 5.41) is 3.13. The Hall–Kier alpha value is -2.47. The van der Waals surface area contributed by atoms with E-state index in [1.54, 1.807) is 12.4 Å². The van der Waals surface area contributed by atoms with Gasteiger partial charge in [-0.05, 0) is 61.9 Å². The minimum Gasteiger partial charge on any atom is -0.352 e. The van der Waals surface area contributed by atoms with Crippen molar-refractivity contribution in [3.8, 4) is 0 Å². The Labute approximate surface area is 179 Å². The van der Waals surface area contributed by atoms with Crippen LogP contribution in [0.4, 0.5) is 5.95 Å². The number of carbonyl (C=O) groups excluding carboxylic acids is 1. The molecule has 2 fully saturated rings. The van der Waals surface area contributed by atoms with Gasteiger partial charge in [0, 0.05) is 38.6 Å². The van der Waals surface area contributed by atoms with Crippen LogP contribution in [0, 0.1) is 11.8 Å². The summed E-state index contributed by atoms with van der Waals surface area (Å²) in [4.78, 5) is 26.0. The first-order valence-corrected chi connectivity index (χ1v) is 11.3. The van der Waals surface area contributed by atoms with Crippen LogP contribution < -0.4 is 10.2 Å². The molecule has 6 nitrogen and oxygen atoms in total. The molecule has 0 bridgehead atoms. The number of amides is 1. The smallest absolute Gasteiger partial charge is 0.225 e. The van der Waals surface area contributed by atoms with Gasteiger partial charge in [-0.2, -0.15) is 0 Å². The number of anilines is 1. The van der Waals surface area contributed by atoms with E-state index in [1.807, 2.05) is 6.07 Å². The first-order chi connectivity index (χ1) is 14.7. The summed E-state index contributed by atoms with van der Waals surface area (Å²) < 4.78 is 0. The predicted molar refractivity (Wildman–Crippen MR) is 119 cm³/mol. The largest absolute Gasteiger partial charge is 0.352 e. The normalized spacial score (nSPS) is 20.8. The van der Waals surface area contributed by atoms with E-state index in [1.165, 1.54) is 31.5 Å². The number of piperidine rings is 2. The maximum Gasteiger partial charge on any atom is 0.225 e. The van der Waals surface area contributed by atoms with Gasteiger partial charge in [0.05, 0.1) is 5.92 Å². The molecule has 160 valence electrons. The molecular weight excluding hydrogens is 374 g/mol. The summed E-state index contributed by atoms with van der Waals surface area (Å²) in [5.41, 5.74) is 2.50. The molecule has 1 aromatic carbocycles. The molecule has 3 heterocycles. The van der Waals surface area contributed by atoms with E-state index in [4.69, 9.17) is 0 Å². The molecule has 6 heteroatoms. The van der Waals surface area contributed by atoms with Crippen LogP contribution in [0.5, 0.6) is 0 Å². The standard InChI is InChI=1S/C24H33N5O/c1-19-9-14-28(15-10-19)17-21-7-5-20(6-8-21)16-27-23(30)22-4-2-13-29(18-22)24-25-11-3-12-26-24/h3,5-8,11-12,19,22H,2,4,9-10,13-18H2,1H3,(H,27,30). The van der Waals surface area contributed by atoms with Crippen LogP contribution in [0.3, 0.4) is 0 Å². The highest BCUT2D eigenvalue weighted by Gasteiger charge is 2.26. The van der Waals surface area contributed by atoms with Crippen molar-refractivity contribution in [2.75, 3.05) is 31.1 Å². The quantitative estimate of drug-likeness (QED) is 0.797. The van der Waals surface area contributed by atoms with Crippen LogP contribution in [-0.2, 0) is 17.9 Å². The summed E-state index contributed by atoms with van der Waals surface area (Å²) in [6, 6.07) is 10.5. The maximum absolute atomic E-state index is 12.7. The lowest BCUT2D eigenvalue weighted by atomic mass is 9.97. The molecule has 0 spiro atoms. The summed E-state index contributed by atoms with van der Waals surface area (Å²) in [6.07, 6.45) is 8.02. The third-order valence-electron chi connectivity index (χ3n) is 6.40. The van der Waals surface area contributed by atoms with Gasteiger partial charge in [-0.3, -0.25) is 9.69 Å². The number of hydrogen-bond donors (Lipinski definition) is 1. The maximum atomic E-state index is 12.7. The van der Waals surface area contributed by atoms with E-state index in [9.17, 15) is 4.79 Å². The fraction of sp³-hybridized carbons (Fsp3) is 0.542. The summed E-state index contributed by atoms with van der Waals surface area (Å²) >= 11 is 0. The van der Waals surface area contributed by atoms with Crippen molar-refractivity contribution in [1.29, 1.82) is 0 Å². The molecule has 1 unspecified atom stereocenters. The van der Waals surface area contributed by atoms with Crippen LogP contribution >= 0.6 is 0 Å². The van der Waals surface area contributed by atoms with Gasteiger partial charge < -0.3 is 10.2 Å². The summed E-state index contributed by atoms with van der Waals surface area (Å²) in [7, 11) is 0. The molecule has 0 saturated carbocycles. The van der Waals surface area contributed by atoms with E-state index in [-0.39, 0.29) is 11.8 Å². The van der Waals surface area contributed by atoms with Crippen molar-refractivity contribution in [2.24, 2.45) is 11.8 Å². The number of benzene rings is 1. The summed E-state index contributed by atoms with van der Waals surface area (Å²) in [5.74, 6) is 1.70. The number of rotatable bonds is 6. The third-order valence-corrected chi connectivity index (χ3v) is 6.40. The topological polar surface area (TPSA) is 61.4 Å². The van der Waals surface area contributed by atoms with Gasteiger partial charge in [0.1, 0.15) is 0 Å². The molecular formula is C24H33N5O. The molecule has 30 heavy (non-hydrogen) atoms. The first-order valence-electron chi connectivity index (χ1n) is 11.3. The van der Waals surface area contributed by atoms with Gasteiger partial charge >= 0.3 is 0 Å². The number of carbonyl (C=O) groups is 1. The predicted octanol–water partition coefficient (Wildman–Crippen LogP) is 3.24. The minimum absolute atomic E-state index is 0.0108. The second-order valence-electron chi connectivity index (χ2n) is 8.83. The number of nitrogens with zero attached hydrogens (tertiary/aromatic N) is 4. The van der Waals surface area contributed by atoms with Crippen LogP contribution in [0.15, 0.2) is 42.7 Å². The summed E-state index contributed by atoms with van der Waals surface area (Å²) in [6.45, 7) is 7.95. The lowest BCUT2D eigenvalue weighted by Gasteiger charge is -2.31. The van der Waals surface area contributed by atoms with E-state index in [0.717, 1.165) is 37.4 Å². The molecule has 2 saturated heterocycles. The molecule has 0 radical (unpaired) electrons. The molecule has 4 rings (SSSR count). The first kappa shape index (κ1) is 20.8. The molecule has 1 atom stereocenters. The van der Waals surface area contributed by atoms with E-state index < -0.39 is 0 Å². The van der Waals surface area contributed by atoms with Crippen molar-refractivity contribution in [2.45, 2.75) is 45.7 Å². The van der Waals surface area contributed by atoms with Gasteiger partial charge in [-0.15, -0.1) is 0 Å². The fourth-order valence-electron chi connectivity index (χ4n) is 4.40. The Balaban J connectivity index is 1.24. The van der Waals surface area contributed by atoms with Crippen molar-refractivity contribution < 1.29 is 4.79 Å². The highest BCUT2D eigenvalue weighted by Crippen LogP contribution is 2.21. The fourth-order valence-corrected chi connectivity index (χ4v) is 4.40. The zero-order chi connectivity index (χ0) is 20.8. The average molecular weight is 408 g/mol. The lowest BCUT2D eigenvalue weighted by molar-refractivity contribution is -0.125. The lowest BCUT2D eigenvalue weighted by Crippen LogP contribution is -2.43. The van der Waals surface area contributed by atoms with Crippen molar-refractivity contribution in [3.05, 3.63) is 53.9 Å². The molecule has 1 amide bonds. The van der Waals surface area contributed by atoms with Crippen LogP contribution in [0.1, 0.15) is 43.7 Å². The second-order valence-corrected chi connectivity index (χ2v) is 8.83. The average Bonchev–Trinajstić information content (AvgIpc) is 2.80. The number of likely N-dealkylation sites (tertiary alicyclic amines) is 1. The Morgan fingerprint density at radius 3 is 2.47 bits per heavy atom. The van der Waals surface area contributed by atoms with Gasteiger partial charge in [0.15, 0.2) is 0 Å². The van der Waals surface area contributed by atoms with Crippen LogP contribution in [0.25, 0.3) is 0 Å². The van der Waals surface area contributed by atoms with Crippen molar-refractivity contribution >= 4 is 11.9 Å². The Morgan fingerprint density at radius 2 is 1.73 bits per heavy atom. The van der Waals surface area contributed by atoms with Gasteiger partial charge in [0.2, 0.25) is 11.9 Å². The van der Waals surface area contributed by atoms with Crippen LogP contribution in [0.2, 0.25) is 0 Å². The SMILES string of the molecule is CC1CCN(Cc2ccc(CNC(=O)C3CCCN(c4ncccn4)C3)cc2)CC1. The Morgan fingerprint density at radius 1 is 1.03 bits per heavy atom. The second kappa shape index (κ2) is 10.0. The van der Waals surface area contributed by atoms with Crippen molar-refractivity contribution in [3.63, 3.8) is 0 Å². The zero-order valence-electron chi connectivity index (χ0n) is 18.0. The molecule has 1 aromatic heterocycles. The number of aromatic nitrogens is 2. The molecule has 0 aliphatic carbocycles. The Bertz CT molecular complexity index is 802. The highest BCUT2D eigenvalue weighted by atomic mass is 16.1. The molecule has 2 aromatic rings. The van der Waals surface area contributed by atoms with Crippen molar-refractivity contribution in [1.82, 2.24) is 20.2 Å². The molecule has 2 aliphatic rings. The Kier molecular flexibility index (Phi) is 6.95. The van der Waals surface area contributed by atoms with Gasteiger partial charge in [-0.1, -0.05) is 31.2 Å². The third kappa shape index (κ3) is 5.57. The van der Waals surface area contributed by atoms with Gasteiger partial charge in [0.25, 0.3) is 0 Å². The molecule has 2 aliphatic heterocycles. The minimum atomic E-state index is -0.0108. The monoisotopic (exact) mass is 407 g/mol. The molecule has 1 N–H and O–H groups in total. The van der Waals surface area contributed by atoms with E-state index >= 15 is 0 Å². The van der Waals surface area contributed by atoms with Crippen LogP contribution in [-0.4, -0.2) is 47.0 Å². The number of nitrogens with one attached hydrogen (secondary N) is 1. The van der Waals surface area contributed by atoms with Gasteiger partial charge in [-0.25, -0.2) is 9.97 Å². The van der Waals surface area contributed by atoms with E-state index in [2.05, 4.69) is 56.3 Å².